The van der Waals surface area contributed by atoms with Crippen LogP contribution in [0.5, 0.6) is 0 Å². The summed E-state index contributed by atoms with van der Waals surface area (Å²) in [6.07, 6.45) is 1.11. The minimum absolute atomic E-state index is 0. The quantitative estimate of drug-likeness (QED) is 0.520. The number of hydrogen-bond donors (Lipinski definition) is 1. The van der Waals surface area contributed by atoms with Gasteiger partial charge in [-0.3, -0.25) is 9.69 Å². The Morgan fingerprint density at radius 2 is 1.94 bits per heavy atom. The molecule has 4 heterocycles. The summed E-state index contributed by atoms with van der Waals surface area (Å²) in [6.45, 7) is 9.03. The van der Waals surface area contributed by atoms with E-state index in [4.69, 9.17) is 4.42 Å². The molecule has 3 aromatic rings. The topological polar surface area (TPSA) is 92.3 Å². The van der Waals surface area contributed by atoms with E-state index in [1.54, 1.807) is 10.7 Å². The van der Waals surface area contributed by atoms with Crippen molar-refractivity contribution in [2.45, 2.75) is 27.2 Å². The summed E-state index contributed by atoms with van der Waals surface area (Å²) in [7, 11) is 4.17. The van der Waals surface area contributed by atoms with Crippen molar-refractivity contribution in [3.05, 3.63) is 41.4 Å². The lowest BCUT2D eigenvalue weighted by Crippen LogP contribution is -2.33. The van der Waals surface area contributed by atoms with Crippen LogP contribution in [0.2, 0.25) is 0 Å². The average molecular weight is 510 g/mol. The number of halogens is 2. The van der Waals surface area contributed by atoms with Crippen LogP contribution in [0.25, 0.3) is 17.4 Å². The molecule has 1 N–H and O–H groups in total. The number of carbonyl (C=O) groups excluding carboxylic acids is 1. The van der Waals surface area contributed by atoms with Crippen LogP contribution in [0, 0.1) is 26.7 Å². The van der Waals surface area contributed by atoms with Gasteiger partial charge in [0.15, 0.2) is 17.4 Å². The minimum atomic E-state index is -0.0879. The van der Waals surface area contributed by atoms with E-state index in [1.165, 1.54) is 0 Å². The third-order valence-electron chi connectivity index (χ3n) is 5.53. The van der Waals surface area contributed by atoms with Gasteiger partial charge in [0.25, 0.3) is 0 Å². The van der Waals surface area contributed by atoms with Gasteiger partial charge >= 0.3 is 0 Å². The number of hydrogen-bond acceptors (Lipinski definition) is 7. The maximum Gasteiger partial charge on any atom is 0.239 e. The fourth-order valence-corrected chi connectivity index (χ4v) is 4.24. The summed E-state index contributed by atoms with van der Waals surface area (Å²) >= 11 is 0. The van der Waals surface area contributed by atoms with Gasteiger partial charge in [0.05, 0.1) is 12.2 Å². The van der Waals surface area contributed by atoms with E-state index in [9.17, 15) is 4.79 Å². The fourth-order valence-electron chi connectivity index (χ4n) is 4.24. The summed E-state index contributed by atoms with van der Waals surface area (Å²) in [5.74, 6) is 3.25. The normalized spacial score (nSPS) is 15.8. The monoisotopic (exact) mass is 509 g/mol. The Balaban J connectivity index is 0.00000204. The van der Waals surface area contributed by atoms with Crippen LogP contribution in [-0.2, 0) is 4.79 Å². The summed E-state index contributed by atoms with van der Waals surface area (Å²) in [4.78, 5) is 26.4. The van der Waals surface area contributed by atoms with Gasteiger partial charge in [-0.1, -0.05) is 0 Å². The molecular formula is C23H33Cl2N7O2. The Morgan fingerprint density at radius 3 is 2.56 bits per heavy atom. The predicted octanol–water partition coefficient (Wildman–Crippen LogP) is 3.51. The Hall–Kier alpha value is -2.46. The molecule has 0 saturated carbocycles. The highest BCUT2D eigenvalue weighted by Crippen LogP contribution is 2.23. The smallest absolute Gasteiger partial charge is 0.239 e. The molecule has 11 heteroatoms. The van der Waals surface area contributed by atoms with Gasteiger partial charge in [-0.05, 0) is 71.9 Å². The Morgan fingerprint density at radius 1 is 1.18 bits per heavy atom. The SMILES string of the molecule is Cc1cc(C)n(-c2cc(NC(=O)CN3CC[C@@H](CN(C)C)C3)nc(-c3ccc(C)o3)n2)n1.Cl.Cl. The van der Waals surface area contributed by atoms with E-state index in [0.717, 1.165) is 43.2 Å². The number of nitrogens with zero attached hydrogens (tertiary/aromatic N) is 6. The van der Waals surface area contributed by atoms with E-state index < -0.39 is 0 Å². The van der Waals surface area contributed by atoms with Crippen molar-refractivity contribution in [3.63, 3.8) is 0 Å². The minimum Gasteiger partial charge on any atom is -0.458 e. The number of aryl methyl sites for hydroxylation is 3. The van der Waals surface area contributed by atoms with Crippen molar-refractivity contribution < 1.29 is 9.21 Å². The van der Waals surface area contributed by atoms with Crippen molar-refractivity contribution >= 4 is 36.5 Å². The number of amides is 1. The standard InChI is InChI=1S/C23H31N7O2.2ClH/c1-15-10-16(2)30(27-15)21-11-20(25-23(26-21)19-7-6-17(3)32-19)24-22(31)14-29-9-8-18(13-29)12-28(4)5;;/h6-7,10-11,18H,8-9,12-14H2,1-5H3,(H,24,25,26,31);2*1H/t18-;;/m0../s1. The van der Waals surface area contributed by atoms with Crippen molar-refractivity contribution in [3.8, 4) is 17.4 Å². The highest BCUT2D eigenvalue weighted by atomic mass is 35.5. The van der Waals surface area contributed by atoms with Crippen LogP contribution < -0.4 is 5.32 Å². The van der Waals surface area contributed by atoms with E-state index in [0.29, 0.717) is 35.7 Å². The first-order valence-electron chi connectivity index (χ1n) is 10.9. The molecule has 0 radical (unpaired) electrons. The lowest BCUT2D eigenvalue weighted by Gasteiger charge is -2.18. The predicted molar refractivity (Wildman–Crippen MR) is 137 cm³/mol. The average Bonchev–Trinajstić information content (AvgIpc) is 3.41. The van der Waals surface area contributed by atoms with Crippen LogP contribution in [0.15, 0.2) is 28.7 Å². The number of furan rings is 1. The molecule has 1 aliphatic heterocycles. The zero-order valence-electron chi connectivity index (χ0n) is 20.2. The van der Waals surface area contributed by atoms with E-state index in [2.05, 4.69) is 44.3 Å². The summed E-state index contributed by atoms with van der Waals surface area (Å²) in [6, 6.07) is 7.42. The van der Waals surface area contributed by atoms with Crippen LogP contribution in [-0.4, -0.2) is 75.7 Å². The zero-order chi connectivity index (χ0) is 22.8. The van der Waals surface area contributed by atoms with Crippen LogP contribution >= 0.6 is 24.8 Å². The molecule has 1 atom stereocenters. The lowest BCUT2D eigenvalue weighted by atomic mass is 10.1. The van der Waals surface area contributed by atoms with Crippen molar-refractivity contribution in [1.29, 1.82) is 0 Å². The second-order valence-corrected chi connectivity index (χ2v) is 8.88. The molecule has 0 spiro atoms. The molecule has 1 amide bonds. The van der Waals surface area contributed by atoms with Gasteiger partial charge in [-0.2, -0.15) is 5.10 Å². The van der Waals surface area contributed by atoms with E-state index >= 15 is 0 Å². The first-order valence-corrected chi connectivity index (χ1v) is 10.9. The van der Waals surface area contributed by atoms with Crippen molar-refractivity contribution in [2.75, 3.05) is 45.6 Å². The Labute approximate surface area is 212 Å². The highest BCUT2D eigenvalue weighted by molar-refractivity contribution is 5.91. The van der Waals surface area contributed by atoms with Crippen LogP contribution in [0.1, 0.15) is 23.6 Å². The number of rotatable bonds is 7. The molecule has 9 nitrogen and oxygen atoms in total. The molecule has 1 fully saturated rings. The first-order chi connectivity index (χ1) is 15.3. The van der Waals surface area contributed by atoms with Crippen molar-refractivity contribution in [2.24, 2.45) is 5.92 Å². The molecule has 0 aromatic carbocycles. The molecular weight excluding hydrogens is 477 g/mol. The zero-order valence-corrected chi connectivity index (χ0v) is 21.9. The summed E-state index contributed by atoms with van der Waals surface area (Å²) in [5.41, 5.74) is 1.84. The summed E-state index contributed by atoms with van der Waals surface area (Å²) in [5, 5.41) is 7.48. The van der Waals surface area contributed by atoms with Gasteiger partial charge in [-0.25, -0.2) is 14.6 Å². The number of anilines is 1. The third-order valence-corrected chi connectivity index (χ3v) is 5.53. The van der Waals surface area contributed by atoms with Crippen LogP contribution in [0.4, 0.5) is 5.82 Å². The molecule has 186 valence electrons. The molecule has 1 aliphatic rings. The molecule has 4 rings (SSSR count). The van der Waals surface area contributed by atoms with Gasteiger partial charge < -0.3 is 14.6 Å². The number of carbonyl (C=O) groups is 1. The Kier molecular flexibility index (Phi) is 9.64. The van der Waals surface area contributed by atoms with Gasteiger partial charge in [0.1, 0.15) is 11.6 Å². The lowest BCUT2D eigenvalue weighted by molar-refractivity contribution is -0.117. The largest absolute Gasteiger partial charge is 0.458 e. The molecule has 0 bridgehead atoms. The highest BCUT2D eigenvalue weighted by Gasteiger charge is 2.24. The van der Waals surface area contributed by atoms with Crippen molar-refractivity contribution in [1.82, 2.24) is 29.5 Å². The number of likely N-dealkylation sites (tertiary alicyclic amines) is 1. The molecule has 0 unspecified atom stereocenters. The first kappa shape index (κ1) is 27.8. The van der Waals surface area contributed by atoms with Crippen LogP contribution in [0.3, 0.4) is 0 Å². The van der Waals surface area contributed by atoms with Gasteiger partial charge in [0, 0.05) is 24.8 Å². The second kappa shape index (κ2) is 11.8. The second-order valence-electron chi connectivity index (χ2n) is 8.88. The molecule has 0 aliphatic carbocycles. The summed E-state index contributed by atoms with van der Waals surface area (Å²) < 4.78 is 7.48. The molecule has 1 saturated heterocycles. The third kappa shape index (κ3) is 6.79. The number of aromatic nitrogens is 4. The number of nitrogens with one attached hydrogen (secondary N) is 1. The molecule has 3 aromatic heterocycles. The fraction of sp³-hybridized carbons (Fsp3) is 0.478. The van der Waals surface area contributed by atoms with Gasteiger partial charge in [-0.15, -0.1) is 24.8 Å². The van der Waals surface area contributed by atoms with Gasteiger partial charge in [0.2, 0.25) is 5.91 Å². The maximum absolute atomic E-state index is 12.8. The van der Waals surface area contributed by atoms with E-state index in [1.807, 2.05) is 39.0 Å². The Bertz CT molecular complexity index is 1110. The maximum atomic E-state index is 12.8. The van der Waals surface area contributed by atoms with E-state index in [-0.39, 0.29) is 30.7 Å². The molecule has 34 heavy (non-hydrogen) atoms.